The third kappa shape index (κ3) is 6.25. The first kappa shape index (κ1) is 18.9. The van der Waals surface area contributed by atoms with Crippen LogP contribution in [0.5, 0.6) is 0 Å². The summed E-state index contributed by atoms with van der Waals surface area (Å²) in [5, 5.41) is 3.81. The van der Waals surface area contributed by atoms with E-state index in [0.717, 1.165) is 25.6 Å². The molecule has 0 radical (unpaired) electrons. The summed E-state index contributed by atoms with van der Waals surface area (Å²) in [6.07, 6.45) is 8.04. The molecule has 3 nitrogen and oxygen atoms in total. The zero-order valence-corrected chi connectivity index (χ0v) is 15.0. The minimum Gasteiger partial charge on any atom is -0.383 e. The van der Waals surface area contributed by atoms with Crippen LogP contribution in [-0.2, 0) is 4.74 Å². The number of nitrogens with one attached hydrogen (secondary N) is 1. The van der Waals surface area contributed by atoms with Crippen LogP contribution in [0.4, 0.5) is 0 Å². The normalized spacial score (nSPS) is 26.7. The molecule has 1 N–H and O–H groups in total. The molecular formula is C18H38N2O. The second-order valence-corrected chi connectivity index (χ2v) is 6.92. The van der Waals surface area contributed by atoms with Gasteiger partial charge in [0.2, 0.25) is 0 Å². The van der Waals surface area contributed by atoms with Gasteiger partial charge in [0.15, 0.2) is 0 Å². The van der Waals surface area contributed by atoms with Crippen LogP contribution in [0.1, 0.15) is 66.2 Å². The van der Waals surface area contributed by atoms with Gasteiger partial charge >= 0.3 is 0 Å². The highest BCUT2D eigenvalue weighted by molar-refractivity contribution is 4.92. The summed E-state index contributed by atoms with van der Waals surface area (Å²) in [6.45, 7) is 12.3. The van der Waals surface area contributed by atoms with Crippen molar-refractivity contribution < 1.29 is 4.74 Å². The van der Waals surface area contributed by atoms with E-state index in [1.54, 1.807) is 0 Å². The van der Waals surface area contributed by atoms with Crippen LogP contribution < -0.4 is 5.32 Å². The Morgan fingerprint density at radius 1 is 1.19 bits per heavy atom. The Morgan fingerprint density at radius 2 is 1.95 bits per heavy atom. The van der Waals surface area contributed by atoms with E-state index < -0.39 is 0 Å². The summed E-state index contributed by atoms with van der Waals surface area (Å²) in [5.41, 5.74) is 0. The number of hydrogen-bond donors (Lipinski definition) is 1. The van der Waals surface area contributed by atoms with Gasteiger partial charge in [-0.25, -0.2) is 0 Å². The second kappa shape index (κ2) is 10.6. The predicted molar refractivity (Wildman–Crippen MR) is 91.8 cm³/mol. The average Bonchev–Trinajstić information content (AvgIpc) is 2.47. The van der Waals surface area contributed by atoms with Crippen molar-refractivity contribution in [1.82, 2.24) is 10.2 Å². The van der Waals surface area contributed by atoms with Crippen LogP contribution >= 0.6 is 0 Å². The van der Waals surface area contributed by atoms with Gasteiger partial charge in [0.1, 0.15) is 0 Å². The lowest BCUT2D eigenvalue weighted by Crippen LogP contribution is -2.56. The summed E-state index contributed by atoms with van der Waals surface area (Å²) in [5.74, 6) is 0.920. The van der Waals surface area contributed by atoms with Crippen LogP contribution in [0.2, 0.25) is 0 Å². The highest BCUT2D eigenvalue weighted by Crippen LogP contribution is 2.32. The van der Waals surface area contributed by atoms with Crippen LogP contribution in [0.15, 0.2) is 0 Å². The Labute approximate surface area is 132 Å². The topological polar surface area (TPSA) is 24.5 Å². The third-order valence-electron chi connectivity index (χ3n) is 4.92. The fraction of sp³-hybridized carbons (Fsp3) is 1.00. The number of ether oxygens (including phenoxy) is 1. The van der Waals surface area contributed by atoms with Gasteiger partial charge in [0.05, 0.1) is 6.61 Å². The summed E-state index contributed by atoms with van der Waals surface area (Å²) < 4.78 is 5.34. The number of methoxy groups -OCH3 is 1. The highest BCUT2D eigenvalue weighted by Gasteiger charge is 2.34. The van der Waals surface area contributed by atoms with Crippen molar-refractivity contribution in [3.8, 4) is 0 Å². The van der Waals surface area contributed by atoms with Gasteiger partial charge in [-0.1, -0.05) is 26.7 Å². The van der Waals surface area contributed by atoms with Crippen LogP contribution in [-0.4, -0.2) is 49.8 Å². The van der Waals surface area contributed by atoms with Gasteiger partial charge < -0.3 is 10.1 Å². The van der Waals surface area contributed by atoms with Gasteiger partial charge in [-0.15, -0.1) is 0 Å². The van der Waals surface area contributed by atoms with E-state index in [1.165, 1.54) is 38.5 Å². The van der Waals surface area contributed by atoms with Crippen LogP contribution in [0, 0.1) is 5.92 Å². The van der Waals surface area contributed by atoms with Crippen molar-refractivity contribution in [3.05, 3.63) is 0 Å². The van der Waals surface area contributed by atoms with Crippen molar-refractivity contribution in [2.75, 3.05) is 26.8 Å². The summed E-state index contributed by atoms with van der Waals surface area (Å²) in [6, 6.07) is 1.94. The summed E-state index contributed by atoms with van der Waals surface area (Å²) in [7, 11) is 1.81. The molecule has 0 saturated heterocycles. The van der Waals surface area contributed by atoms with Gasteiger partial charge in [-0.3, -0.25) is 4.90 Å². The van der Waals surface area contributed by atoms with Crippen molar-refractivity contribution in [2.24, 2.45) is 5.92 Å². The molecule has 21 heavy (non-hydrogen) atoms. The Kier molecular flexibility index (Phi) is 9.54. The number of nitrogens with zero attached hydrogens (tertiary/aromatic N) is 1. The standard InChI is InChI=1S/C18H38N2O/c1-6-8-16-9-10-17(19-11-7-2)18(14-16)20(15(3)4)12-13-21-5/h15-19H,6-14H2,1-5H3. The zero-order chi connectivity index (χ0) is 15.7. The fourth-order valence-electron chi connectivity index (χ4n) is 3.84. The molecule has 3 atom stereocenters. The largest absolute Gasteiger partial charge is 0.383 e. The molecule has 1 fully saturated rings. The van der Waals surface area contributed by atoms with Crippen molar-refractivity contribution in [1.29, 1.82) is 0 Å². The summed E-state index contributed by atoms with van der Waals surface area (Å²) in [4.78, 5) is 2.68. The molecule has 1 aliphatic carbocycles. The minimum absolute atomic E-state index is 0.594. The molecule has 1 saturated carbocycles. The van der Waals surface area contributed by atoms with E-state index in [2.05, 4.69) is 37.9 Å². The van der Waals surface area contributed by atoms with E-state index >= 15 is 0 Å². The van der Waals surface area contributed by atoms with Gasteiger partial charge in [-0.05, 0) is 52.0 Å². The average molecular weight is 299 g/mol. The molecule has 0 aliphatic heterocycles. The smallest absolute Gasteiger partial charge is 0.0589 e. The zero-order valence-electron chi connectivity index (χ0n) is 15.0. The van der Waals surface area contributed by atoms with E-state index in [0.29, 0.717) is 18.1 Å². The Hall–Kier alpha value is -0.120. The molecule has 3 heteroatoms. The minimum atomic E-state index is 0.594. The first-order valence-corrected chi connectivity index (χ1v) is 9.12. The Balaban J connectivity index is 2.73. The predicted octanol–water partition coefficient (Wildman–Crippen LogP) is 3.68. The van der Waals surface area contributed by atoms with Gasteiger partial charge in [0, 0.05) is 31.8 Å². The van der Waals surface area contributed by atoms with E-state index in [4.69, 9.17) is 4.74 Å². The SMILES string of the molecule is CCCNC1CCC(CCC)CC1N(CCOC)C(C)C. The van der Waals surface area contributed by atoms with Crippen molar-refractivity contribution >= 4 is 0 Å². The fourth-order valence-corrected chi connectivity index (χ4v) is 3.84. The molecule has 0 heterocycles. The lowest BCUT2D eigenvalue weighted by Gasteiger charge is -2.45. The first-order chi connectivity index (χ1) is 10.1. The Bertz CT molecular complexity index is 258. The van der Waals surface area contributed by atoms with E-state index in [9.17, 15) is 0 Å². The molecule has 0 aromatic carbocycles. The molecule has 1 rings (SSSR count). The number of hydrogen-bond acceptors (Lipinski definition) is 3. The van der Waals surface area contributed by atoms with Gasteiger partial charge in [-0.2, -0.15) is 0 Å². The molecule has 0 spiro atoms. The molecule has 0 amide bonds. The molecule has 1 aliphatic rings. The second-order valence-electron chi connectivity index (χ2n) is 6.92. The van der Waals surface area contributed by atoms with E-state index in [-0.39, 0.29) is 0 Å². The highest BCUT2D eigenvalue weighted by atomic mass is 16.5. The molecular weight excluding hydrogens is 260 g/mol. The molecule has 0 aromatic rings. The van der Waals surface area contributed by atoms with E-state index in [1.807, 2.05) is 7.11 Å². The van der Waals surface area contributed by atoms with Crippen LogP contribution in [0.25, 0.3) is 0 Å². The lowest BCUT2D eigenvalue weighted by atomic mass is 9.79. The monoisotopic (exact) mass is 298 g/mol. The quantitative estimate of drug-likeness (QED) is 0.666. The third-order valence-corrected chi connectivity index (χ3v) is 4.92. The Morgan fingerprint density at radius 3 is 2.52 bits per heavy atom. The van der Waals surface area contributed by atoms with Crippen LogP contribution in [0.3, 0.4) is 0 Å². The maximum atomic E-state index is 5.34. The van der Waals surface area contributed by atoms with Crippen molar-refractivity contribution in [3.63, 3.8) is 0 Å². The number of rotatable bonds is 10. The summed E-state index contributed by atoms with van der Waals surface area (Å²) >= 11 is 0. The lowest BCUT2D eigenvalue weighted by molar-refractivity contribution is 0.0451. The molecule has 0 aromatic heterocycles. The van der Waals surface area contributed by atoms with Crippen molar-refractivity contribution in [2.45, 2.75) is 84.3 Å². The molecule has 126 valence electrons. The first-order valence-electron chi connectivity index (χ1n) is 9.12. The molecule has 0 bridgehead atoms. The maximum absolute atomic E-state index is 5.34. The van der Waals surface area contributed by atoms with Gasteiger partial charge in [0.25, 0.3) is 0 Å². The molecule has 3 unspecified atom stereocenters. The maximum Gasteiger partial charge on any atom is 0.0589 e.